The van der Waals surface area contributed by atoms with Gasteiger partial charge in [-0.15, -0.1) is 11.3 Å². The minimum Gasteiger partial charge on any atom is -0.508 e. The predicted molar refractivity (Wildman–Crippen MR) is 115 cm³/mol. The smallest absolute Gasteiger partial charge is 0.116 e. The highest BCUT2D eigenvalue weighted by Crippen LogP contribution is 2.38. The van der Waals surface area contributed by atoms with E-state index in [9.17, 15) is 10.2 Å². The molecule has 2 aliphatic heterocycles. The molecule has 7 nitrogen and oxygen atoms in total. The summed E-state index contributed by atoms with van der Waals surface area (Å²) in [7, 11) is 0. The number of rotatable bonds is 4. The van der Waals surface area contributed by atoms with Crippen molar-refractivity contribution in [3.63, 3.8) is 0 Å². The number of morpholine rings is 1. The lowest BCUT2D eigenvalue weighted by Crippen LogP contribution is -2.49. The zero-order chi connectivity index (χ0) is 20.5. The van der Waals surface area contributed by atoms with Crippen LogP contribution >= 0.6 is 11.3 Å². The monoisotopic (exact) mass is 426 g/mol. The van der Waals surface area contributed by atoms with Crippen LogP contribution in [0.5, 0.6) is 5.75 Å². The quantitative estimate of drug-likeness (QED) is 0.664. The van der Waals surface area contributed by atoms with Gasteiger partial charge in [0.1, 0.15) is 12.1 Å². The van der Waals surface area contributed by atoms with Gasteiger partial charge in [0.25, 0.3) is 0 Å². The summed E-state index contributed by atoms with van der Waals surface area (Å²) < 4.78 is 7.16. The van der Waals surface area contributed by atoms with E-state index < -0.39 is 0 Å². The van der Waals surface area contributed by atoms with Crippen LogP contribution in [0.15, 0.2) is 42.9 Å². The molecule has 2 fully saturated rings. The highest BCUT2D eigenvalue weighted by molar-refractivity contribution is 7.19. The number of aromatic nitrogens is 2. The Balaban J connectivity index is 1.46. The Bertz CT molecular complexity index is 972. The van der Waals surface area contributed by atoms with Gasteiger partial charge in [-0.1, -0.05) is 12.1 Å². The van der Waals surface area contributed by atoms with Crippen LogP contribution < -0.4 is 0 Å². The van der Waals surface area contributed by atoms with E-state index in [1.807, 2.05) is 18.3 Å². The second-order valence-electron chi connectivity index (χ2n) is 8.01. The van der Waals surface area contributed by atoms with Crippen LogP contribution in [-0.4, -0.2) is 68.9 Å². The number of likely N-dealkylation sites (tertiary alicyclic amines) is 1. The Morgan fingerprint density at radius 1 is 1.13 bits per heavy atom. The first kappa shape index (κ1) is 19.8. The standard InChI is InChI=1S/C22H26N4O3S/c27-16-4-6-25(7-5-16)22(20-11-18-21(30-20)12-23-14-24-18)26-8-9-29-19(13-26)15-2-1-3-17(28)10-15/h1-3,10-12,14,16,19,22,27-28H,4-9,13H2. The van der Waals surface area contributed by atoms with Crippen molar-refractivity contribution in [3.8, 4) is 5.75 Å². The number of phenolic OH excluding ortho intramolecular Hbond substituents is 1. The van der Waals surface area contributed by atoms with Crippen molar-refractivity contribution >= 4 is 21.6 Å². The number of aromatic hydroxyl groups is 1. The Morgan fingerprint density at radius 3 is 2.80 bits per heavy atom. The summed E-state index contributed by atoms with van der Waals surface area (Å²) in [5.74, 6) is 0.262. The van der Waals surface area contributed by atoms with Gasteiger partial charge in [0.15, 0.2) is 0 Å². The molecule has 2 N–H and O–H groups in total. The van der Waals surface area contributed by atoms with Crippen LogP contribution in [-0.2, 0) is 4.74 Å². The molecule has 2 unspecified atom stereocenters. The van der Waals surface area contributed by atoms with Crippen molar-refractivity contribution in [3.05, 3.63) is 53.3 Å². The zero-order valence-corrected chi connectivity index (χ0v) is 17.5. The summed E-state index contributed by atoms with van der Waals surface area (Å²) in [6.45, 7) is 3.93. The third-order valence-electron chi connectivity index (χ3n) is 6.00. The average molecular weight is 427 g/mol. The van der Waals surface area contributed by atoms with Crippen molar-refractivity contribution in [1.82, 2.24) is 19.8 Å². The van der Waals surface area contributed by atoms with E-state index >= 15 is 0 Å². The molecule has 0 amide bonds. The lowest BCUT2D eigenvalue weighted by molar-refractivity contribution is -0.0858. The molecule has 0 radical (unpaired) electrons. The van der Waals surface area contributed by atoms with Gasteiger partial charge in [-0.25, -0.2) is 9.97 Å². The number of hydrogen-bond acceptors (Lipinski definition) is 8. The summed E-state index contributed by atoms with van der Waals surface area (Å²) in [6, 6.07) is 9.52. The molecule has 3 aromatic rings. The first-order valence-corrected chi connectivity index (χ1v) is 11.2. The number of nitrogens with zero attached hydrogens (tertiary/aromatic N) is 4. The number of hydrogen-bond donors (Lipinski definition) is 2. The SMILES string of the molecule is Oc1cccc(C2CN(C(c3cc4ncncc4s3)N3CCC(O)CC3)CCO2)c1. The summed E-state index contributed by atoms with van der Waals surface area (Å²) in [4.78, 5) is 14.8. The Hall–Kier alpha value is -2.10. The van der Waals surface area contributed by atoms with E-state index in [-0.39, 0.29) is 24.1 Å². The van der Waals surface area contributed by atoms with Gasteiger partial charge in [0.2, 0.25) is 0 Å². The minimum absolute atomic E-state index is 0.0853. The molecule has 2 aromatic heterocycles. The Labute approximate surface area is 179 Å². The zero-order valence-electron chi connectivity index (χ0n) is 16.7. The summed E-state index contributed by atoms with van der Waals surface area (Å²) in [5.41, 5.74) is 1.97. The fourth-order valence-electron chi connectivity index (χ4n) is 4.47. The highest BCUT2D eigenvalue weighted by atomic mass is 32.1. The maximum absolute atomic E-state index is 10.0. The minimum atomic E-state index is -0.208. The molecule has 30 heavy (non-hydrogen) atoms. The summed E-state index contributed by atoms with van der Waals surface area (Å²) >= 11 is 1.74. The molecule has 158 valence electrons. The number of aliphatic hydroxyl groups excluding tert-OH is 1. The van der Waals surface area contributed by atoms with Crippen LogP contribution in [0.1, 0.15) is 35.6 Å². The number of ether oxygens (including phenoxy) is 1. The first-order valence-electron chi connectivity index (χ1n) is 10.4. The number of piperidine rings is 1. The third kappa shape index (κ3) is 4.06. The number of fused-ring (bicyclic) bond motifs is 1. The van der Waals surface area contributed by atoms with Gasteiger partial charge in [-0.05, 0) is 36.6 Å². The molecular weight excluding hydrogens is 400 g/mol. The fourth-order valence-corrected chi connectivity index (χ4v) is 5.63. The maximum atomic E-state index is 10.0. The Kier molecular flexibility index (Phi) is 5.66. The van der Waals surface area contributed by atoms with Crippen LogP contribution in [0.2, 0.25) is 0 Å². The van der Waals surface area contributed by atoms with Crippen molar-refractivity contribution in [2.75, 3.05) is 32.8 Å². The predicted octanol–water partition coefficient (Wildman–Crippen LogP) is 2.93. The average Bonchev–Trinajstić information content (AvgIpc) is 3.19. The summed E-state index contributed by atoms with van der Waals surface area (Å²) in [6.07, 6.45) is 4.88. The van der Waals surface area contributed by atoms with E-state index in [0.29, 0.717) is 6.61 Å². The molecule has 0 aliphatic carbocycles. The third-order valence-corrected chi connectivity index (χ3v) is 7.10. The van der Waals surface area contributed by atoms with Crippen molar-refractivity contribution in [2.24, 2.45) is 0 Å². The molecule has 2 aliphatic rings. The van der Waals surface area contributed by atoms with Crippen LogP contribution in [0.25, 0.3) is 10.2 Å². The number of benzene rings is 1. The fraction of sp³-hybridized carbons (Fsp3) is 0.455. The first-order chi connectivity index (χ1) is 14.7. The number of aliphatic hydroxyl groups is 1. The van der Waals surface area contributed by atoms with Crippen LogP contribution in [0.3, 0.4) is 0 Å². The Morgan fingerprint density at radius 2 is 2.00 bits per heavy atom. The largest absolute Gasteiger partial charge is 0.508 e. The summed E-state index contributed by atoms with van der Waals surface area (Å²) in [5, 5.41) is 19.9. The van der Waals surface area contributed by atoms with Crippen LogP contribution in [0, 0.1) is 0 Å². The molecule has 5 rings (SSSR count). The lowest BCUT2D eigenvalue weighted by atomic mass is 10.0. The molecule has 0 saturated carbocycles. The second-order valence-corrected chi connectivity index (χ2v) is 9.13. The van der Waals surface area contributed by atoms with E-state index in [1.54, 1.807) is 29.8 Å². The number of phenols is 1. The molecule has 0 spiro atoms. The molecule has 8 heteroatoms. The van der Waals surface area contributed by atoms with Crippen molar-refractivity contribution < 1.29 is 14.9 Å². The molecular formula is C22H26N4O3S. The van der Waals surface area contributed by atoms with Gasteiger partial charge in [0, 0.05) is 37.3 Å². The molecule has 4 heterocycles. The van der Waals surface area contributed by atoms with E-state index in [2.05, 4.69) is 25.8 Å². The van der Waals surface area contributed by atoms with Gasteiger partial charge in [0.05, 0.1) is 35.2 Å². The lowest BCUT2D eigenvalue weighted by Gasteiger charge is -2.45. The van der Waals surface area contributed by atoms with Crippen molar-refractivity contribution in [1.29, 1.82) is 0 Å². The molecule has 2 atom stereocenters. The van der Waals surface area contributed by atoms with Gasteiger partial charge in [-0.2, -0.15) is 0 Å². The van der Waals surface area contributed by atoms with Crippen LogP contribution in [0.4, 0.5) is 0 Å². The second kappa shape index (κ2) is 8.56. The number of thiophene rings is 1. The topological polar surface area (TPSA) is 82.0 Å². The molecule has 2 saturated heterocycles. The van der Waals surface area contributed by atoms with E-state index in [1.165, 1.54) is 4.88 Å². The van der Waals surface area contributed by atoms with Crippen molar-refractivity contribution in [2.45, 2.75) is 31.2 Å². The van der Waals surface area contributed by atoms with E-state index in [4.69, 9.17) is 4.74 Å². The van der Waals surface area contributed by atoms with Gasteiger partial charge >= 0.3 is 0 Å². The van der Waals surface area contributed by atoms with Gasteiger partial charge < -0.3 is 14.9 Å². The normalized spacial score (nSPS) is 23.0. The maximum Gasteiger partial charge on any atom is 0.116 e. The van der Waals surface area contributed by atoms with E-state index in [0.717, 1.165) is 54.8 Å². The molecule has 1 aromatic carbocycles. The highest BCUT2D eigenvalue weighted by Gasteiger charge is 2.35. The van der Waals surface area contributed by atoms with Gasteiger partial charge in [-0.3, -0.25) is 9.80 Å². The molecule has 0 bridgehead atoms.